The van der Waals surface area contributed by atoms with Crippen LogP contribution in [0.4, 0.5) is 0 Å². The Balaban J connectivity index is 4.35. The third-order valence-corrected chi connectivity index (χ3v) is 6.46. The van der Waals surface area contributed by atoms with Crippen molar-refractivity contribution in [3.63, 3.8) is 0 Å². The van der Waals surface area contributed by atoms with Gasteiger partial charge in [0.25, 0.3) is 0 Å². The first-order valence-corrected chi connectivity index (χ1v) is 11.1. The molecular weight excluding hydrogens is 295 g/mol. The van der Waals surface area contributed by atoms with E-state index in [1.165, 1.54) is 96.3 Å². The zero-order valence-electron chi connectivity index (χ0n) is 16.5. The van der Waals surface area contributed by atoms with Crippen LogP contribution in [-0.4, -0.2) is 5.16 Å². The average Bonchev–Trinajstić information content (AvgIpc) is 2.56. The molecule has 2 atom stereocenters. The fourth-order valence-electron chi connectivity index (χ4n) is 3.73. The summed E-state index contributed by atoms with van der Waals surface area (Å²) < 4.78 is 0. The molecule has 0 saturated heterocycles. The summed E-state index contributed by atoms with van der Waals surface area (Å²) in [6.07, 6.45) is 22.8. The van der Waals surface area contributed by atoms with Gasteiger partial charge >= 0.3 is 0 Å². The predicted molar refractivity (Wildman–Crippen MR) is 112 cm³/mol. The molecule has 0 heterocycles. The Bertz CT molecular complexity index is 251. The molecule has 0 spiro atoms. The molecule has 138 valence electrons. The first-order chi connectivity index (χ1) is 11.1. The lowest BCUT2D eigenvalue weighted by atomic mass is 9.78. The van der Waals surface area contributed by atoms with Gasteiger partial charge in [-0.1, -0.05) is 97.5 Å². The fraction of sp³-hybridized carbons (Fsp3) is 0.909. The van der Waals surface area contributed by atoms with Crippen molar-refractivity contribution < 1.29 is 0 Å². The third-order valence-electron chi connectivity index (χ3n) is 5.41. The van der Waals surface area contributed by atoms with E-state index in [4.69, 9.17) is 0 Å². The molecule has 23 heavy (non-hydrogen) atoms. The minimum atomic E-state index is 0.461. The van der Waals surface area contributed by atoms with Gasteiger partial charge in [-0.2, -0.15) is 0 Å². The maximum absolute atomic E-state index is 4.04. The zero-order chi connectivity index (χ0) is 17.4. The first kappa shape index (κ1) is 23.2. The summed E-state index contributed by atoms with van der Waals surface area (Å²) >= 11 is 0. The highest BCUT2D eigenvalue weighted by Crippen LogP contribution is 2.43. The van der Waals surface area contributed by atoms with Crippen molar-refractivity contribution in [1.29, 1.82) is 0 Å². The van der Waals surface area contributed by atoms with Crippen molar-refractivity contribution in [1.82, 2.24) is 0 Å². The SMILES string of the molecule is C=CCC(CCCCCCCCC)C(P)(CCCC)CCCC. The normalized spacial score (nSPS) is 13.2. The summed E-state index contributed by atoms with van der Waals surface area (Å²) in [5, 5.41) is 0.461. The molecule has 0 N–H and O–H groups in total. The molecule has 1 heteroatoms. The third kappa shape index (κ3) is 11.4. The number of allylic oxidation sites excluding steroid dienone is 1. The Labute approximate surface area is 150 Å². The van der Waals surface area contributed by atoms with Crippen LogP contribution in [0.1, 0.15) is 117 Å². The van der Waals surface area contributed by atoms with Gasteiger partial charge in [0.1, 0.15) is 0 Å². The van der Waals surface area contributed by atoms with Crippen molar-refractivity contribution in [3.8, 4) is 0 Å². The van der Waals surface area contributed by atoms with Crippen LogP contribution in [0.15, 0.2) is 12.7 Å². The Morgan fingerprint density at radius 1 is 0.783 bits per heavy atom. The number of hydrogen-bond acceptors (Lipinski definition) is 0. The molecule has 0 nitrogen and oxygen atoms in total. The molecule has 0 aromatic carbocycles. The van der Waals surface area contributed by atoms with Crippen molar-refractivity contribution in [2.75, 3.05) is 0 Å². The average molecular weight is 341 g/mol. The van der Waals surface area contributed by atoms with E-state index in [0.717, 1.165) is 5.92 Å². The van der Waals surface area contributed by atoms with E-state index in [9.17, 15) is 0 Å². The molecule has 0 amide bonds. The summed E-state index contributed by atoms with van der Waals surface area (Å²) in [4.78, 5) is 0. The van der Waals surface area contributed by atoms with E-state index in [1.807, 2.05) is 0 Å². The highest BCUT2D eigenvalue weighted by Gasteiger charge is 2.31. The molecule has 0 bridgehead atoms. The molecular formula is C22H45P. The maximum atomic E-state index is 4.04. The van der Waals surface area contributed by atoms with E-state index in [0.29, 0.717) is 5.16 Å². The lowest BCUT2D eigenvalue weighted by Crippen LogP contribution is -2.31. The fourth-order valence-corrected chi connectivity index (χ4v) is 4.45. The molecule has 0 rings (SSSR count). The van der Waals surface area contributed by atoms with Gasteiger partial charge in [-0.15, -0.1) is 15.8 Å². The van der Waals surface area contributed by atoms with Crippen LogP contribution in [0.25, 0.3) is 0 Å². The van der Waals surface area contributed by atoms with Crippen LogP contribution in [0.3, 0.4) is 0 Å². The van der Waals surface area contributed by atoms with Gasteiger partial charge in [0.15, 0.2) is 0 Å². The van der Waals surface area contributed by atoms with Gasteiger partial charge in [-0.25, -0.2) is 0 Å². The zero-order valence-corrected chi connectivity index (χ0v) is 17.7. The van der Waals surface area contributed by atoms with Gasteiger partial charge in [-0.3, -0.25) is 0 Å². The minimum absolute atomic E-state index is 0.461. The summed E-state index contributed by atoms with van der Waals surface area (Å²) in [5.41, 5.74) is 0. The van der Waals surface area contributed by atoms with Crippen molar-refractivity contribution in [2.24, 2.45) is 5.92 Å². The summed E-state index contributed by atoms with van der Waals surface area (Å²) in [6.45, 7) is 11.0. The van der Waals surface area contributed by atoms with E-state index < -0.39 is 0 Å². The second-order valence-corrected chi connectivity index (χ2v) is 8.72. The minimum Gasteiger partial charge on any atom is -0.131 e. The molecule has 0 aliphatic rings. The Kier molecular flexibility index (Phi) is 15.8. The molecule has 0 saturated carbocycles. The molecule has 0 radical (unpaired) electrons. The largest absolute Gasteiger partial charge is 0.131 e. The molecule has 0 aromatic heterocycles. The topological polar surface area (TPSA) is 0 Å². The van der Waals surface area contributed by atoms with Crippen molar-refractivity contribution >= 4 is 9.24 Å². The van der Waals surface area contributed by atoms with Crippen molar-refractivity contribution in [3.05, 3.63) is 12.7 Å². The van der Waals surface area contributed by atoms with E-state index in [2.05, 4.69) is 42.7 Å². The maximum Gasteiger partial charge on any atom is -0.0119 e. The predicted octanol–water partition coefficient (Wildman–Crippen LogP) is 8.31. The highest BCUT2D eigenvalue weighted by molar-refractivity contribution is 7.19. The van der Waals surface area contributed by atoms with Gasteiger partial charge < -0.3 is 0 Å². The standard InChI is InChI=1S/C22H45P/c1-5-9-12-13-14-15-16-18-21(17-8-4)22(23,19-10-6-2)20-11-7-3/h8,21H,4-7,9-20,23H2,1-3H3. The smallest absolute Gasteiger partial charge is 0.0119 e. The van der Waals surface area contributed by atoms with Crippen LogP contribution in [-0.2, 0) is 0 Å². The van der Waals surface area contributed by atoms with Crippen LogP contribution in [0, 0.1) is 5.92 Å². The monoisotopic (exact) mass is 340 g/mol. The van der Waals surface area contributed by atoms with Crippen LogP contribution in [0.5, 0.6) is 0 Å². The first-order valence-electron chi connectivity index (χ1n) is 10.5. The molecule has 0 fully saturated rings. The second kappa shape index (κ2) is 15.7. The van der Waals surface area contributed by atoms with Gasteiger partial charge in [-0.05, 0) is 36.8 Å². The Morgan fingerprint density at radius 3 is 1.74 bits per heavy atom. The number of rotatable bonds is 17. The summed E-state index contributed by atoms with van der Waals surface area (Å²) in [6, 6.07) is 0. The summed E-state index contributed by atoms with van der Waals surface area (Å²) in [5.74, 6) is 0.818. The lowest BCUT2D eigenvalue weighted by Gasteiger charge is -2.38. The van der Waals surface area contributed by atoms with Crippen LogP contribution in [0.2, 0.25) is 0 Å². The molecule has 0 aromatic rings. The Hall–Kier alpha value is 0.170. The number of unbranched alkanes of at least 4 members (excludes halogenated alkanes) is 8. The molecule has 0 aliphatic carbocycles. The summed E-state index contributed by atoms with van der Waals surface area (Å²) in [7, 11) is 3.30. The molecule has 0 aliphatic heterocycles. The van der Waals surface area contributed by atoms with Gasteiger partial charge in [0, 0.05) is 0 Å². The number of hydrogen-bond donors (Lipinski definition) is 0. The quantitative estimate of drug-likeness (QED) is 0.142. The van der Waals surface area contributed by atoms with Gasteiger partial charge in [0.2, 0.25) is 0 Å². The Morgan fingerprint density at radius 2 is 1.26 bits per heavy atom. The van der Waals surface area contributed by atoms with Crippen LogP contribution < -0.4 is 0 Å². The van der Waals surface area contributed by atoms with E-state index in [1.54, 1.807) is 0 Å². The van der Waals surface area contributed by atoms with Gasteiger partial charge in [0.05, 0.1) is 0 Å². The van der Waals surface area contributed by atoms with Crippen molar-refractivity contribution in [2.45, 2.75) is 122 Å². The lowest BCUT2D eigenvalue weighted by molar-refractivity contribution is 0.297. The highest BCUT2D eigenvalue weighted by atomic mass is 31.0. The van der Waals surface area contributed by atoms with E-state index >= 15 is 0 Å². The molecule has 2 unspecified atom stereocenters. The second-order valence-electron chi connectivity index (χ2n) is 7.57. The van der Waals surface area contributed by atoms with Crippen LogP contribution >= 0.6 is 9.24 Å². The van der Waals surface area contributed by atoms with E-state index in [-0.39, 0.29) is 0 Å².